The summed E-state index contributed by atoms with van der Waals surface area (Å²) in [6.45, 7) is 5.47. The average molecular weight is 271 g/mol. The summed E-state index contributed by atoms with van der Waals surface area (Å²) in [5.74, 6) is 1.52. The van der Waals surface area contributed by atoms with Crippen molar-refractivity contribution in [3.8, 4) is 11.5 Å². The van der Waals surface area contributed by atoms with Crippen LogP contribution in [0.1, 0.15) is 18.1 Å². The van der Waals surface area contributed by atoms with E-state index in [0.29, 0.717) is 6.61 Å². The van der Waals surface area contributed by atoms with Gasteiger partial charge in [0.2, 0.25) is 0 Å². The first-order chi connectivity index (χ1) is 9.72. The van der Waals surface area contributed by atoms with Crippen molar-refractivity contribution in [1.82, 2.24) is 0 Å². The van der Waals surface area contributed by atoms with E-state index in [2.05, 4.69) is 36.5 Å². The lowest BCUT2D eigenvalue weighted by Gasteiger charge is -2.12. The summed E-state index contributed by atoms with van der Waals surface area (Å²) in [7, 11) is 1.65. The molecule has 0 spiro atoms. The second-order valence-corrected chi connectivity index (χ2v) is 4.64. The van der Waals surface area contributed by atoms with Crippen molar-refractivity contribution in [2.45, 2.75) is 20.4 Å². The summed E-state index contributed by atoms with van der Waals surface area (Å²) in [5.41, 5.74) is 3.55. The SMILES string of the molecule is CCOc1ccc(NCc2ccc(C)cc2)cc1OC. The molecule has 3 heteroatoms. The fourth-order valence-electron chi connectivity index (χ4n) is 1.96. The summed E-state index contributed by atoms with van der Waals surface area (Å²) >= 11 is 0. The van der Waals surface area contributed by atoms with Gasteiger partial charge in [-0.05, 0) is 31.5 Å². The molecule has 0 heterocycles. The molecule has 0 fully saturated rings. The van der Waals surface area contributed by atoms with Gasteiger partial charge in [-0.15, -0.1) is 0 Å². The predicted molar refractivity (Wildman–Crippen MR) is 82.7 cm³/mol. The number of hydrogen-bond donors (Lipinski definition) is 1. The molecular formula is C17H21NO2. The van der Waals surface area contributed by atoms with Gasteiger partial charge in [0, 0.05) is 18.3 Å². The molecule has 0 saturated carbocycles. The molecule has 0 aliphatic heterocycles. The molecule has 0 aromatic heterocycles. The average Bonchev–Trinajstić information content (AvgIpc) is 2.48. The third kappa shape index (κ3) is 3.67. The van der Waals surface area contributed by atoms with Crippen LogP contribution in [-0.4, -0.2) is 13.7 Å². The minimum atomic E-state index is 0.631. The van der Waals surface area contributed by atoms with Crippen LogP contribution < -0.4 is 14.8 Å². The lowest BCUT2D eigenvalue weighted by atomic mass is 10.1. The van der Waals surface area contributed by atoms with Gasteiger partial charge in [-0.3, -0.25) is 0 Å². The Morgan fingerprint density at radius 2 is 1.75 bits per heavy atom. The maximum Gasteiger partial charge on any atom is 0.162 e. The summed E-state index contributed by atoms with van der Waals surface area (Å²) in [4.78, 5) is 0. The summed E-state index contributed by atoms with van der Waals surface area (Å²) < 4.78 is 10.8. The monoisotopic (exact) mass is 271 g/mol. The highest BCUT2D eigenvalue weighted by molar-refractivity contribution is 5.55. The van der Waals surface area contributed by atoms with Gasteiger partial charge in [0.15, 0.2) is 11.5 Å². The molecular weight excluding hydrogens is 250 g/mol. The molecule has 0 aliphatic carbocycles. The van der Waals surface area contributed by atoms with E-state index in [9.17, 15) is 0 Å². The van der Waals surface area contributed by atoms with E-state index >= 15 is 0 Å². The van der Waals surface area contributed by atoms with Crippen molar-refractivity contribution in [3.63, 3.8) is 0 Å². The first-order valence-corrected chi connectivity index (χ1v) is 6.83. The molecule has 0 unspecified atom stereocenters. The van der Waals surface area contributed by atoms with E-state index in [1.165, 1.54) is 11.1 Å². The van der Waals surface area contributed by atoms with Crippen LogP contribution in [0.15, 0.2) is 42.5 Å². The highest BCUT2D eigenvalue weighted by Crippen LogP contribution is 2.30. The zero-order chi connectivity index (χ0) is 14.4. The highest BCUT2D eigenvalue weighted by atomic mass is 16.5. The fraction of sp³-hybridized carbons (Fsp3) is 0.294. The topological polar surface area (TPSA) is 30.5 Å². The van der Waals surface area contributed by atoms with E-state index in [4.69, 9.17) is 9.47 Å². The van der Waals surface area contributed by atoms with Crippen LogP contribution in [0.3, 0.4) is 0 Å². The Hall–Kier alpha value is -2.16. The zero-order valence-electron chi connectivity index (χ0n) is 12.3. The molecule has 3 nitrogen and oxygen atoms in total. The van der Waals surface area contributed by atoms with Gasteiger partial charge >= 0.3 is 0 Å². The Morgan fingerprint density at radius 1 is 1.00 bits per heavy atom. The third-order valence-corrected chi connectivity index (χ3v) is 3.08. The molecule has 2 aromatic carbocycles. The van der Waals surface area contributed by atoms with Crippen molar-refractivity contribution in [2.24, 2.45) is 0 Å². The Balaban J connectivity index is 2.04. The molecule has 20 heavy (non-hydrogen) atoms. The van der Waals surface area contributed by atoms with E-state index < -0.39 is 0 Å². The number of rotatable bonds is 6. The van der Waals surface area contributed by atoms with Crippen molar-refractivity contribution < 1.29 is 9.47 Å². The normalized spacial score (nSPS) is 10.2. The molecule has 2 rings (SSSR count). The zero-order valence-corrected chi connectivity index (χ0v) is 12.3. The van der Waals surface area contributed by atoms with Crippen LogP contribution in [0.25, 0.3) is 0 Å². The quantitative estimate of drug-likeness (QED) is 0.861. The number of aryl methyl sites for hydroxylation is 1. The lowest BCUT2D eigenvalue weighted by Crippen LogP contribution is -2.01. The third-order valence-electron chi connectivity index (χ3n) is 3.08. The largest absolute Gasteiger partial charge is 0.493 e. The number of nitrogens with one attached hydrogen (secondary N) is 1. The predicted octanol–water partition coefficient (Wildman–Crippen LogP) is 4.01. The molecule has 0 atom stereocenters. The number of methoxy groups -OCH3 is 1. The van der Waals surface area contributed by atoms with Gasteiger partial charge in [0.1, 0.15) is 0 Å². The number of ether oxygens (including phenoxy) is 2. The second kappa shape index (κ2) is 6.85. The van der Waals surface area contributed by atoms with Gasteiger partial charge in [-0.25, -0.2) is 0 Å². The second-order valence-electron chi connectivity index (χ2n) is 4.64. The number of benzene rings is 2. The fourth-order valence-corrected chi connectivity index (χ4v) is 1.96. The van der Waals surface area contributed by atoms with Crippen LogP contribution in [0.4, 0.5) is 5.69 Å². The van der Waals surface area contributed by atoms with Gasteiger partial charge in [-0.2, -0.15) is 0 Å². The summed E-state index contributed by atoms with van der Waals surface area (Å²) in [6, 6.07) is 14.4. The van der Waals surface area contributed by atoms with Crippen LogP contribution in [0, 0.1) is 6.92 Å². The molecule has 0 amide bonds. The first kappa shape index (κ1) is 14.3. The van der Waals surface area contributed by atoms with Gasteiger partial charge in [0.05, 0.1) is 13.7 Å². The van der Waals surface area contributed by atoms with E-state index in [1.807, 2.05) is 25.1 Å². The molecule has 0 bridgehead atoms. The maximum atomic E-state index is 5.51. The van der Waals surface area contributed by atoms with Crippen molar-refractivity contribution in [2.75, 3.05) is 19.0 Å². The Morgan fingerprint density at radius 3 is 2.40 bits per heavy atom. The molecule has 0 radical (unpaired) electrons. The molecule has 0 aliphatic rings. The summed E-state index contributed by atoms with van der Waals surface area (Å²) in [6.07, 6.45) is 0. The van der Waals surface area contributed by atoms with Gasteiger partial charge in [-0.1, -0.05) is 29.8 Å². The highest BCUT2D eigenvalue weighted by Gasteiger charge is 2.05. The summed E-state index contributed by atoms with van der Waals surface area (Å²) in [5, 5.41) is 3.39. The lowest BCUT2D eigenvalue weighted by molar-refractivity contribution is 0.311. The van der Waals surface area contributed by atoms with Crippen LogP contribution in [-0.2, 0) is 6.54 Å². The van der Waals surface area contributed by atoms with E-state index in [1.54, 1.807) is 7.11 Å². The molecule has 1 N–H and O–H groups in total. The van der Waals surface area contributed by atoms with Crippen molar-refractivity contribution >= 4 is 5.69 Å². The van der Waals surface area contributed by atoms with Gasteiger partial charge in [0.25, 0.3) is 0 Å². The number of anilines is 1. The van der Waals surface area contributed by atoms with Crippen LogP contribution in [0.5, 0.6) is 11.5 Å². The van der Waals surface area contributed by atoms with Crippen LogP contribution in [0.2, 0.25) is 0 Å². The maximum absolute atomic E-state index is 5.51. The Bertz CT molecular complexity index is 549. The molecule has 106 valence electrons. The van der Waals surface area contributed by atoms with Gasteiger partial charge < -0.3 is 14.8 Å². The minimum absolute atomic E-state index is 0.631. The standard InChI is InChI=1S/C17H21NO2/c1-4-20-16-10-9-15(11-17(16)19-3)18-12-14-7-5-13(2)6-8-14/h5-11,18H,4,12H2,1-3H3. The van der Waals surface area contributed by atoms with E-state index in [-0.39, 0.29) is 0 Å². The van der Waals surface area contributed by atoms with Crippen molar-refractivity contribution in [1.29, 1.82) is 0 Å². The van der Waals surface area contributed by atoms with E-state index in [0.717, 1.165) is 23.7 Å². The van der Waals surface area contributed by atoms with Crippen LogP contribution >= 0.6 is 0 Å². The Labute approximate surface area is 120 Å². The van der Waals surface area contributed by atoms with Crippen molar-refractivity contribution in [3.05, 3.63) is 53.6 Å². The first-order valence-electron chi connectivity index (χ1n) is 6.83. The Kier molecular flexibility index (Phi) is 4.88. The molecule has 2 aromatic rings. The number of hydrogen-bond acceptors (Lipinski definition) is 3. The smallest absolute Gasteiger partial charge is 0.162 e. The molecule has 0 saturated heterocycles. The minimum Gasteiger partial charge on any atom is -0.493 e.